The summed E-state index contributed by atoms with van der Waals surface area (Å²) in [6.45, 7) is 6.65. The van der Waals surface area contributed by atoms with E-state index in [2.05, 4.69) is 69.4 Å². The third-order valence-electron chi connectivity index (χ3n) is 14.6. The SMILES string of the molecule is CCCCC/C=C\C/C=C\C/C=C\C/C=C\CCCCCC(=O)OC[C@@H](COC(=O)CCCCCCCCCCCCCCCCCCCC)OC(=O)CCCCCCCCCCCCCCCCCCCCC. The zero-order valence-electron chi connectivity index (χ0n) is 49.6. The van der Waals surface area contributed by atoms with E-state index in [-0.39, 0.29) is 31.1 Å². The molecule has 6 heteroatoms. The van der Waals surface area contributed by atoms with Crippen molar-refractivity contribution < 1.29 is 28.6 Å². The number of hydrogen-bond donors (Lipinski definition) is 0. The van der Waals surface area contributed by atoms with Crippen LogP contribution in [0, 0.1) is 0 Å². The molecule has 0 aromatic rings. The summed E-state index contributed by atoms with van der Waals surface area (Å²) in [4.78, 5) is 38.3. The fourth-order valence-electron chi connectivity index (χ4n) is 9.67. The molecule has 0 aromatic heterocycles. The lowest BCUT2D eigenvalue weighted by Gasteiger charge is -2.18. The number of ether oxygens (including phenoxy) is 3. The Balaban J connectivity index is 4.38. The molecule has 1 atom stereocenters. The van der Waals surface area contributed by atoms with Crippen molar-refractivity contribution in [3.63, 3.8) is 0 Å². The molecule has 0 aliphatic carbocycles. The van der Waals surface area contributed by atoms with E-state index in [0.29, 0.717) is 19.3 Å². The molecule has 0 saturated heterocycles. The number of hydrogen-bond acceptors (Lipinski definition) is 6. The molecule has 0 bridgehead atoms. The van der Waals surface area contributed by atoms with Gasteiger partial charge in [0.2, 0.25) is 0 Å². The standard InChI is InChI=1S/C68H124O6/c1-4-7-10-13-16-19-22-25-28-31-34-37-40-43-46-49-52-55-58-61-67(70)73-64-65(63-72-66(69)60-57-54-51-48-45-42-39-36-33-30-27-24-21-18-15-12-9-6-3)74-68(71)62-59-56-53-50-47-44-41-38-35-32-29-26-23-20-17-14-11-8-5-2/h16,19,25,28,34,37,43,46,65H,4-15,17-18,20-24,26-27,29-33,35-36,38-42,44-45,47-64H2,1-3H3/b19-16-,28-25-,37-34-,46-43-/t65-/m1/s1. The van der Waals surface area contributed by atoms with Gasteiger partial charge in [0.25, 0.3) is 0 Å². The molecule has 0 aromatic carbocycles. The van der Waals surface area contributed by atoms with Gasteiger partial charge in [-0.25, -0.2) is 0 Å². The third-order valence-corrected chi connectivity index (χ3v) is 14.6. The first-order chi connectivity index (χ1) is 36.5. The average molecular weight is 1040 g/mol. The van der Waals surface area contributed by atoms with Crippen molar-refractivity contribution in [3.8, 4) is 0 Å². The van der Waals surface area contributed by atoms with Crippen LogP contribution in [-0.4, -0.2) is 37.2 Å². The first-order valence-corrected chi connectivity index (χ1v) is 32.6. The third kappa shape index (κ3) is 60.2. The van der Waals surface area contributed by atoms with Crippen LogP contribution >= 0.6 is 0 Å². The summed E-state index contributed by atoms with van der Waals surface area (Å²) in [5, 5.41) is 0. The average Bonchev–Trinajstić information content (AvgIpc) is 3.40. The summed E-state index contributed by atoms with van der Waals surface area (Å²) in [7, 11) is 0. The zero-order chi connectivity index (χ0) is 53.6. The maximum atomic E-state index is 12.9. The van der Waals surface area contributed by atoms with Crippen molar-refractivity contribution in [2.75, 3.05) is 13.2 Å². The number of allylic oxidation sites excluding steroid dienone is 8. The lowest BCUT2D eigenvalue weighted by Crippen LogP contribution is -2.30. The van der Waals surface area contributed by atoms with Crippen molar-refractivity contribution in [3.05, 3.63) is 48.6 Å². The molecule has 0 radical (unpaired) electrons. The van der Waals surface area contributed by atoms with E-state index in [1.54, 1.807) is 0 Å². The summed E-state index contributed by atoms with van der Waals surface area (Å²) >= 11 is 0. The number of carbonyl (C=O) groups is 3. The van der Waals surface area contributed by atoms with Gasteiger partial charge in [0.05, 0.1) is 0 Å². The zero-order valence-corrected chi connectivity index (χ0v) is 49.6. The van der Waals surface area contributed by atoms with Gasteiger partial charge in [-0.15, -0.1) is 0 Å². The molecule has 0 aliphatic rings. The van der Waals surface area contributed by atoms with Crippen LogP contribution in [0.5, 0.6) is 0 Å². The fourth-order valence-corrected chi connectivity index (χ4v) is 9.67. The van der Waals surface area contributed by atoms with Crippen LogP contribution in [0.4, 0.5) is 0 Å². The molecule has 6 nitrogen and oxygen atoms in total. The van der Waals surface area contributed by atoms with E-state index in [4.69, 9.17) is 14.2 Å². The monoisotopic (exact) mass is 1040 g/mol. The quantitative estimate of drug-likeness (QED) is 0.0261. The van der Waals surface area contributed by atoms with E-state index in [9.17, 15) is 14.4 Å². The molecule has 0 unspecified atom stereocenters. The maximum Gasteiger partial charge on any atom is 0.306 e. The Kier molecular flexibility index (Phi) is 60.7. The summed E-state index contributed by atoms with van der Waals surface area (Å²) in [6.07, 6.45) is 78.3. The molecule has 0 heterocycles. The minimum atomic E-state index is -0.784. The second-order valence-corrected chi connectivity index (χ2v) is 22.0. The van der Waals surface area contributed by atoms with Gasteiger partial charge in [0, 0.05) is 19.3 Å². The fraction of sp³-hybridized carbons (Fsp3) is 0.838. The molecule has 0 fully saturated rings. The normalized spacial score (nSPS) is 12.3. The van der Waals surface area contributed by atoms with Gasteiger partial charge in [-0.05, 0) is 64.2 Å². The topological polar surface area (TPSA) is 78.9 Å². The van der Waals surface area contributed by atoms with E-state index in [0.717, 1.165) is 83.5 Å². The smallest absolute Gasteiger partial charge is 0.306 e. The van der Waals surface area contributed by atoms with Gasteiger partial charge in [0.1, 0.15) is 13.2 Å². The Morgan fingerprint density at radius 1 is 0.270 bits per heavy atom. The predicted molar refractivity (Wildman–Crippen MR) is 321 cm³/mol. The highest BCUT2D eigenvalue weighted by Gasteiger charge is 2.19. The molecular weight excluding hydrogens is 913 g/mol. The second-order valence-electron chi connectivity index (χ2n) is 22.0. The molecule has 74 heavy (non-hydrogen) atoms. The molecule has 0 aliphatic heterocycles. The first kappa shape index (κ1) is 71.4. The first-order valence-electron chi connectivity index (χ1n) is 32.6. The Bertz CT molecular complexity index is 1280. The van der Waals surface area contributed by atoms with Gasteiger partial charge in [-0.2, -0.15) is 0 Å². The van der Waals surface area contributed by atoms with Crippen LogP contribution < -0.4 is 0 Å². The number of esters is 3. The van der Waals surface area contributed by atoms with Crippen LogP contribution in [0.25, 0.3) is 0 Å². The highest BCUT2D eigenvalue weighted by atomic mass is 16.6. The van der Waals surface area contributed by atoms with E-state index in [1.165, 1.54) is 225 Å². The van der Waals surface area contributed by atoms with Gasteiger partial charge in [-0.1, -0.05) is 313 Å². The van der Waals surface area contributed by atoms with Crippen molar-refractivity contribution in [2.45, 2.75) is 354 Å². The largest absolute Gasteiger partial charge is 0.462 e. The minimum absolute atomic E-state index is 0.0782. The molecule has 0 amide bonds. The summed E-state index contributed by atoms with van der Waals surface area (Å²) in [5.74, 6) is -0.885. The molecule has 0 N–H and O–H groups in total. The van der Waals surface area contributed by atoms with Gasteiger partial charge < -0.3 is 14.2 Å². The Morgan fingerprint density at radius 3 is 0.784 bits per heavy atom. The Labute approximate surface area is 460 Å². The molecular formula is C68H124O6. The minimum Gasteiger partial charge on any atom is -0.462 e. The number of rotatable bonds is 60. The van der Waals surface area contributed by atoms with E-state index < -0.39 is 6.10 Å². The van der Waals surface area contributed by atoms with Crippen LogP contribution in [-0.2, 0) is 28.6 Å². The van der Waals surface area contributed by atoms with Gasteiger partial charge in [0.15, 0.2) is 6.10 Å². The predicted octanol–water partition coefficient (Wildman–Crippen LogP) is 22.2. The van der Waals surface area contributed by atoms with E-state index in [1.807, 2.05) is 0 Å². The number of carbonyl (C=O) groups excluding carboxylic acids is 3. The van der Waals surface area contributed by atoms with Crippen LogP contribution in [0.2, 0.25) is 0 Å². The molecule has 0 saturated carbocycles. The molecule has 0 rings (SSSR count). The van der Waals surface area contributed by atoms with Gasteiger partial charge >= 0.3 is 17.9 Å². The maximum absolute atomic E-state index is 12.9. The van der Waals surface area contributed by atoms with Crippen molar-refractivity contribution >= 4 is 17.9 Å². The lowest BCUT2D eigenvalue weighted by molar-refractivity contribution is -0.167. The lowest BCUT2D eigenvalue weighted by atomic mass is 10.0. The van der Waals surface area contributed by atoms with Crippen LogP contribution in [0.1, 0.15) is 348 Å². The van der Waals surface area contributed by atoms with E-state index >= 15 is 0 Å². The summed E-state index contributed by atoms with van der Waals surface area (Å²) in [5.41, 5.74) is 0. The molecule has 0 spiro atoms. The summed E-state index contributed by atoms with van der Waals surface area (Å²) in [6, 6.07) is 0. The Hall–Kier alpha value is -2.63. The van der Waals surface area contributed by atoms with Crippen LogP contribution in [0.3, 0.4) is 0 Å². The van der Waals surface area contributed by atoms with Gasteiger partial charge in [-0.3, -0.25) is 14.4 Å². The summed E-state index contributed by atoms with van der Waals surface area (Å²) < 4.78 is 16.9. The van der Waals surface area contributed by atoms with Crippen molar-refractivity contribution in [1.29, 1.82) is 0 Å². The highest BCUT2D eigenvalue weighted by Crippen LogP contribution is 2.18. The number of unbranched alkanes of at least 4 members (excludes halogenated alkanes) is 41. The highest BCUT2D eigenvalue weighted by molar-refractivity contribution is 5.71. The second kappa shape index (κ2) is 62.9. The van der Waals surface area contributed by atoms with Crippen molar-refractivity contribution in [2.24, 2.45) is 0 Å². The molecule has 432 valence electrons. The van der Waals surface area contributed by atoms with Crippen molar-refractivity contribution in [1.82, 2.24) is 0 Å². The Morgan fingerprint density at radius 2 is 0.486 bits per heavy atom. The van der Waals surface area contributed by atoms with Crippen LogP contribution in [0.15, 0.2) is 48.6 Å².